The van der Waals surface area contributed by atoms with E-state index in [1.807, 2.05) is 36.4 Å². The van der Waals surface area contributed by atoms with E-state index in [1.54, 1.807) is 42.4 Å². The highest BCUT2D eigenvalue weighted by Crippen LogP contribution is 2.25. The zero-order valence-electron chi connectivity index (χ0n) is 18.2. The minimum Gasteiger partial charge on any atom is -0.486 e. The molecule has 0 saturated heterocycles. The maximum atomic E-state index is 11.2. The summed E-state index contributed by atoms with van der Waals surface area (Å²) < 4.78 is 14.6. The Kier molecular flexibility index (Phi) is 6.54. The van der Waals surface area contributed by atoms with Crippen LogP contribution in [0, 0.1) is 30.9 Å². The first-order chi connectivity index (χ1) is 15.9. The Morgan fingerprint density at radius 1 is 1.18 bits per heavy atom. The predicted octanol–water partition coefficient (Wildman–Crippen LogP) is 4.11. The number of hydrogen-bond acceptors (Lipinski definition) is 9. The van der Waals surface area contributed by atoms with Crippen molar-refractivity contribution in [2.24, 2.45) is 5.10 Å². The molecule has 0 saturated carbocycles. The smallest absolute Gasteiger partial charge is 0.312 e. The Labute approximate surface area is 193 Å². The van der Waals surface area contributed by atoms with E-state index in [0.717, 1.165) is 5.75 Å². The Morgan fingerprint density at radius 3 is 2.70 bits per heavy atom. The zero-order chi connectivity index (χ0) is 23.4. The maximum absolute atomic E-state index is 11.2. The summed E-state index contributed by atoms with van der Waals surface area (Å²) in [5.41, 5.74) is 0.881. The van der Waals surface area contributed by atoms with Gasteiger partial charge in [-0.05, 0) is 45.0 Å². The topological polar surface area (TPSA) is 126 Å². The highest BCUT2D eigenvalue weighted by Gasteiger charge is 2.22. The summed E-state index contributed by atoms with van der Waals surface area (Å²) in [6, 6.07) is 13.1. The Balaban J connectivity index is 1.42. The number of aryl methyl sites for hydroxylation is 2. The van der Waals surface area contributed by atoms with Gasteiger partial charge in [-0.2, -0.15) is 14.9 Å². The molecule has 1 aromatic carbocycles. The number of ether oxygens (including phenoxy) is 1. The van der Waals surface area contributed by atoms with Gasteiger partial charge in [0.05, 0.1) is 17.0 Å². The van der Waals surface area contributed by atoms with Gasteiger partial charge < -0.3 is 9.15 Å². The molecular formula is C21H21N7O4S. The molecule has 12 heteroatoms. The van der Waals surface area contributed by atoms with Crippen molar-refractivity contribution in [1.82, 2.24) is 24.7 Å². The quantitative estimate of drug-likeness (QED) is 0.156. The van der Waals surface area contributed by atoms with Crippen LogP contribution in [0.2, 0.25) is 0 Å². The van der Waals surface area contributed by atoms with Gasteiger partial charge in [0, 0.05) is 0 Å². The van der Waals surface area contributed by atoms with Crippen LogP contribution < -0.4 is 4.74 Å². The van der Waals surface area contributed by atoms with E-state index in [9.17, 15) is 10.1 Å². The van der Waals surface area contributed by atoms with Crippen LogP contribution in [0.3, 0.4) is 0 Å². The highest BCUT2D eigenvalue weighted by atomic mass is 32.2. The highest BCUT2D eigenvalue weighted by molar-refractivity contribution is 7.98. The first-order valence-electron chi connectivity index (χ1n) is 9.96. The fraction of sp³-hybridized carbons (Fsp3) is 0.238. The monoisotopic (exact) mass is 467 g/mol. The van der Waals surface area contributed by atoms with Gasteiger partial charge in [-0.1, -0.05) is 30.0 Å². The van der Waals surface area contributed by atoms with Gasteiger partial charge in [0.2, 0.25) is 5.16 Å². The molecule has 0 fully saturated rings. The average molecular weight is 468 g/mol. The van der Waals surface area contributed by atoms with E-state index in [0.29, 0.717) is 46.4 Å². The van der Waals surface area contributed by atoms with Crippen molar-refractivity contribution in [2.75, 3.05) is 0 Å². The molecule has 0 aliphatic carbocycles. The average Bonchev–Trinajstić information content (AvgIpc) is 3.47. The second-order valence-corrected chi connectivity index (χ2v) is 7.95. The lowest BCUT2D eigenvalue weighted by atomic mass is 10.3. The first kappa shape index (κ1) is 22.3. The number of hydrogen-bond donors (Lipinski definition) is 0. The Hall–Kier alpha value is -3.93. The van der Waals surface area contributed by atoms with Gasteiger partial charge >= 0.3 is 5.69 Å². The third-order valence-electron chi connectivity index (χ3n) is 4.72. The zero-order valence-corrected chi connectivity index (χ0v) is 19.0. The van der Waals surface area contributed by atoms with Gasteiger partial charge in [-0.15, -0.1) is 10.2 Å². The molecule has 0 aliphatic rings. The lowest BCUT2D eigenvalue weighted by molar-refractivity contribution is -0.386. The van der Waals surface area contributed by atoms with Gasteiger partial charge in [0.25, 0.3) is 0 Å². The molecule has 4 rings (SSSR count). The van der Waals surface area contributed by atoms with Crippen molar-refractivity contribution in [3.8, 4) is 5.75 Å². The molecule has 0 unspecified atom stereocenters. The van der Waals surface area contributed by atoms with Crippen LogP contribution in [0.15, 0.2) is 57.1 Å². The molecule has 33 heavy (non-hydrogen) atoms. The summed E-state index contributed by atoms with van der Waals surface area (Å²) in [5, 5.41) is 28.6. The molecule has 0 radical (unpaired) electrons. The van der Waals surface area contributed by atoms with Crippen molar-refractivity contribution in [1.29, 1.82) is 0 Å². The molecule has 0 amide bonds. The van der Waals surface area contributed by atoms with E-state index >= 15 is 0 Å². The minimum absolute atomic E-state index is 0.0242. The summed E-state index contributed by atoms with van der Waals surface area (Å²) in [6.45, 7) is 5.37. The van der Waals surface area contributed by atoms with Crippen molar-refractivity contribution in [3.63, 3.8) is 0 Å². The predicted molar refractivity (Wildman–Crippen MR) is 121 cm³/mol. The minimum atomic E-state index is -0.418. The molecule has 0 N–H and O–H groups in total. The van der Waals surface area contributed by atoms with Crippen molar-refractivity contribution >= 4 is 23.7 Å². The summed E-state index contributed by atoms with van der Waals surface area (Å²) in [6.07, 6.45) is 1.57. The molecule has 0 spiro atoms. The number of para-hydroxylation sites is 1. The Bertz CT molecular complexity index is 1290. The van der Waals surface area contributed by atoms with Crippen LogP contribution in [0.4, 0.5) is 5.69 Å². The molecule has 0 atom stereocenters. The summed E-state index contributed by atoms with van der Waals surface area (Å²) in [5.74, 6) is 2.91. The SMILES string of the molecule is Cc1nn(CSc2nnc(C)n2N=Cc2ccc(COc3ccccc3)o2)c(C)c1[N+](=O)[O-]. The van der Waals surface area contributed by atoms with Gasteiger partial charge in [-0.25, -0.2) is 0 Å². The number of nitro groups is 1. The van der Waals surface area contributed by atoms with E-state index in [4.69, 9.17) is 9.15 Å². The van der Waals surface area contributed by atoms with Crippen molar-refractivity contribution in [3.05, 3.63) is 81.3 Å². The van der Waals surface area contributed by atoms with E-state index in [1.165, 1.54) is 11.8 Å². The molecule has 3 aromatic heterocycles. The van der Waals surface area contributed by atoms with Crippen LogP contribution in [0.5, 0.6) is 5.75 Å². The van der Waals surface area contributed by atoms with Crippen molar-refractivity contribution in [2.45, 2.75) is 38.4 Å². The van der Waals surface area contributed by atoms with Crippen LogP contribution >= 0.6 is 11.8 Å². The lowest BCUT2D eigenvalue weighted by Gasteiger charge is -2.04. The number of furan rings is 1. The molecule has 3 heterocycles. The largest absolute Gasteiger partial charge is 0.486 e. The third-order valence-corrected chi connectivity index (χ3v) is 5.60. The van der Waals surface area contributed by atoms with Gasteiger partial charge in [0.1, 0.15) is 35.3 Å². The molecule has 0 aliphatic heterocycles. The van der Waals surface area contributed by atoms with Crippen molar-refractivity contribution < 1.29 is 14.1 Å². The van der Waals surface area contributed by atoms with E-state index < -0.39 is 4.92 Å². The first-order valence-corrected chi connectivity index (χ1v) is 10.9. The molecule has 4 aromatic rings. The van der Waals surface area contributed by atoms with Crippen LogP contribution in [0.25, 0.3) is 0 Å². The van der Waals surface area contributed by atoms with E-state index in [2.05, 4.69) is 20.4 Å². The standard InChI is InChI=1S/C21H21N7O4S/c1-14-20(28(29)30)15(2)26(25-14)13-33-21-24-23-16(3)27(21)22-11-18-9-10-19(32-18)12-31-17-7-5-4-6-8-17/h4-11H,12-13H2,1-3H3. The molecule has 170 valence electrons. The Morgan fingerprint density at radius 2 is 1.97 bits per heavy atom. The van der Waals surface area contributed by atoms with Crippen LogP contribution in [-0.4, -0.2) is 35.8 Å². The number of thioether (sulfide) groups is 1. The number of aromatic nitrogens is 5. The van der Waals surface area contributed by atoms with Gasteiger partial charge in [0.15, 0.2) is 5.82 Å². The fourth-order valence-electron chi connectivity index (χ4n) is 3.08. The molecule has 11 nitrogen and oxygen atoms in total. The lowest BCUT2D eigenvalue weighted by Crippen LogP contribution is -2.02. The van der Waals surface area contributed by atoms with Crippen LogP contribution in [0.1, 0.15) is 28.7 Å². The third kappa shape index (κ3) is 5.12. The summed E-state index contributed by atoms with van der Waals surface area (Å²) in [4.78, 5) is 10.8. The maximum Gasteiger partial charge on any atom is 0.312 e. The second-order valence-electron chi connectivity index (χ2n) is 7.04. The molecular weight excluding hydrogens is 446 g/mol. The van der Waals surface area contributed by atoms with E-state index in [-0.39, 0.29) is 5.69 Å². The van der Waals surface area contributed by atoms with Gasteiger partial charge in [-0.3, -0.25) is 14.8 Å². The second kappa shape index (κ2) is 9.69. The number of benzene rings is 1. The summed E-state index contributed by atoms with van der Waals surface area (Å²) >= 11 is 1.32. The number of nitrogens with zero attached hydrogens (tertiary/aromatic N) is 7. The number of rotatable bonds is 9. The molecule has 0 bridgehead atoms. The normalized spacial score (nSPS) is 11.4. The fourth-order valence-corrected chi connectivity index (χ4v) is 3.97. The summed E-state index contributed by atoms with van der Waals surface area (Å²) in [7, 11) is 0. The van der Waals surface area contributed by atoms with Crippen LogP contribution in [-0.2, 0) is 12.5 Å².